The Labute approximate surface area is 90.6 Å². The number of benzene rings is 1. The van der Waals surface area contributed by atoms with Gasteiger partial charge >= 0.3 is 0 Å². The molecule has 0 aliphatic carbocycles. The van der Waals surface area contributed by atoms with Crippen molar-refractivity contribution in [1.29, 1.82) is 5.26 Å². The maximum atomic E-state index is 13.0. The van der Waals surface area contributed by atoms with Gasteiger partial charge in [-0.3, -0.25) is 0 Å². The summed E-state index contributed by atoms with van der Waals surface area (Å²) in [6.07, 6.45) is 0. The lowest BCUT2D eigenvalue weighted by Gasteiger charge is -1.97. The first-order valence-corrected chi connectivity index (χ1v) is 5.16. The molecule has 15 heavy (non-hydrogen) atoms. The Kier molecular flexibility index (Phi) is 2.48. The van der Waals surface area contributed by atoms with E-state index >= 15 is 0 Å². The average molecular weight is 218 g/mol. The van der Waals surface area contributed by atoms with Gasteiger partial charge in [0.15, 0.2) is 5.01 Å². The summed E-state index contributed by atoms with van der Waals surface area (Å²) >= 11 is 1.28. The molecule has 2 nitrogen and oxygen atoms in total. The molecular weight excluding hydrogens is 211 g/mol. The molecule has 0 spiro atoms. The first-order chi connectivity index (χ1) is 7.20. The summed E-state index contributed by atoms with van der Waals surface area (Å²) < 4.78 is 13.0. The molecule has 2 aromatic rings. The van der Waals surface area contributed by atoms with Crippen molar-refractivity contribution in [2.75, 3.05) is 0 Å². The van der Waals surface area contributed by atoms with Crippen molar-refractivity contribution in [2.45, 2.75) is 6.92 Å². The molecular formula is C11H7FN2S. The summed E-state index contributed by atoms with van der Waals surface area (Å²) in [4.78, 5) is 4.92. The standard InChI is InChI=1S/C11H7FN2S/c1-7-11(15-10(6-13)14-7)8-3-2-4-9(12)5-8/h2-5H,1H3. The second-order valence-electron chi connectivity index (χ2n) is 3.06. The Morgan fingerprint density at radius 2 is 2.27 bits per heavy atom. The Morgan fingerprint density at radius 1 is 1.47 bits per heavy atom. The van der Waals surface area contributed by atoms with Gasteiger partial charge in [0.05, 0.1) is 10.6 Å². The van der Waals surface area contributed by atoms with Crippen molar-refractivity contribution in [2.24, 2.45) is 0 Å². The highest BCUT2D eigenvalue weighted by atomic mass is 32.1. The van der Waals surface area contributed by atoms with Crippen LogP contribution in [-0.4, -0.2) is 4.98 Å². The number of aromatic nitrogens is 1. The van der Waals surface area contributed by atoms with E-state index < -0.39 is 0 Å². The second kappa shape index (κ2) is 3.79. The van der Waals surface area contributed by atoms with Crippen molar-refractivity contribution < 1.29 is 4.39 Å². The molecule has 0 radical (unpaired) electrons. The van der Waals surface area contributed by atoms with E-state index in [4.69, 9.17) is 5.26 Å². The summed E-state index contributed by atoms with van der Waals surface area (Å²) in [6, 6.07) is 8.29. The largest absolute Gasteiger partial charge is 0.231 e. The van der Waals surface area contributed by atoms with Crippen LogP contribution < -0.4 is 0 Å². The van der Waals surface area contributed by atoms with Gasteiger partial charge in [-0.05, 0) is 24.6 Å². The molecule has 0 unspecified atom stereocenters. The Bertz CT molecular complexity index is 540. The minimum Gasteiger partial charge on any atom is -0.231 e. The number of thiazole rings is 1. The third-order valence-corrected chi connectivity index (χ3v) is 3.09. The summed E-state index contributed by atoms with van der Waals surface area (Å²) in [7, 11) is 0. The number of nitriles is 1. The van der Waals surface area contributed by atoms with Gasteiger partial charge in [0, 0.05) is 0 Å². The highest BCUT2D eigenvalue weighted by Crippen LogP contribution is 2.29. The first-order valence-electron chi connectivity index (χ1n) is 4.34. The first kappa shape index (κ1) is 9.81. The van der Waals surface area contributed by atoms with Crippen LogP contribution in [0.1, 0.15) is 10.7 Å². The number of hydrogen-bond acceptors (Lipinski definition) is 3. The van der Waals surface area contributed by atoms with E-state index in [0.29, 0.717) is 5.01 Å². The lowest BCUT2D eigenvalue weighted by molar-refractivity contribution is 0.628. The number of halogens is 1. The van der Waals surface area contributed by atoms with Crippen LogP contribution in [0.3, 0.4) is 0 Å². The van der Waals surface area contributed by atoms with Gasteiger partial charge in [-0.2, -0.15) is 5.26 Å². The van der Waals surface area contributed by atoms with Crippen molar-refractivity contribution in [3.05, 3.63) is 40.8 Å². The van der Waals surface area contributed by atoms with Gasteiger partial charge in [0.2, 0.25) is 0 Å². The maximum absolute atomic E-state index is 13.0. The van der Waals surface area contributed by atoms with E-state index in [0.717, 1.165) is 16.1 Å². The van der Waals surface area contributed by atoms with E-state index in [9.17, 15) is 4.39 Å². The van der Waals surface area contributed by atoms with Crippen molar-refractivity contribution in [1.82, 2.24) is 4.98 Å². The predicted octanol–water partition coefficient (Wildman–Crippen LogP) is 3.13. The van der Waals surface area contributed by atoms with Crippen LogP contribution in [0, 0.1) is 24.1 Å². The van der Waals surface area contributed by atoms with E-state index in [1.54, 1.807) is 6.07 Å². The SMILES string of the molecule is Cc1nc(C#N)sc1-c1cccc(F)c1. The van der Waals surface area contributed by atoms with Crippen LogP contribution in [0.4, 0.5) is 4.39 Å². The Morgan fingerprint density at radius 3 is 2.87 bits per heavy atom. The zero-order valence-electron chi connectivity index (χ0n) is 7.99. The van der Waals surface area contributed by atoms with Gasteiger partial charge in [-0.1, -0.05) is 12.1 Å². The molecule has 0 saturated heterocycles. The lowest BCUT2D eigenvalue weighted by Crippen LogP contribution is -1.79. The van der Waals surface area contributed by atoms with Crippen LogP contribution in [0.25, 0.3) is 10.4 Å². The van der Waals surface area contributed by atoms with E-state index in [2.05, 4.69) is 4.98 Å². The quantitative estimate of drug-likeness (QED) is 0.737. The third-order valence-electron chi connectivity index (χ3n) is 1.98. The van der Waals surface area contributed by atoms with Crippen LogP contribution in [0.5, 0.6) is 0 Å². The summed E-state index contributed by atoms with van der Waals surface area (Å²) in [5.41, 5.74) is 1.54. The summed E-state index contributed by atoms with van der Waals surface area (Å²) in [6.45, 7) is 1.82. The summed E-state index contributed by atoms with van der Waals surface area (Å²) in [5, 5.41) is 9.11. The molecule has 0 aliphatic heterocycles. The molecule has 4 heteroatoms. The van der Waals surface area contributed by atoms with Crippen molar-refractivity contribution in [3.63, 3.8) is 0 Å². The maximum Gasteiger partial charge on any atom is 0.195 e. The second-order valence-corrected chi connectivity index (χ2v) is 4.05. The van der Waals surface area contributed by atoms with Crippen LogP contribution in [0.15, 0.2) is 24.3 Å². The van der Waals surface area contributed by atoms with Crippen LogP contribution >= 0.6 is 11.3 Å². The molecule has 1 aromatic carbocycles. The lowest BCUT2D eigenvalue weighted by atomic mass is 10.1. The molecule has 1 aromatic heterocycles. The molecule has 0 N–H and O–H groups in total. The molecule has 0 fully saturated rings. The Balaban J connectivity index is 2.54. The molecule has 2 rings (SSSR count). The smallest absolute Gasteiger partial charge is 0.195 e. The minimum absolute atomic E-state index is 0.279. The molecule has 0 amide bonds. The normalized spacial score (nSPS) is 9.93. The summed E-state index contributed by atoms with van der Waals surface area (Å²) in [5.74, 6) is -0.279. The molecule has 0 saturated carbocycles. The molecule has 0 atom stereocenters. The Hall–Kier alpha value is -1.73. The number of nitrogens with zero attached hydrogens (tertiary/aromatic N) is 2. The fourth-order valence-corrected chi connectivity index (χ4v) is 2.20. The monoisotopic (exact) mass is 218 g/mol. The number of rotatable bonds is 1. The van der Waals surface area contributed by atoms with Gasteiger partial charge in [-0.25, -0.2) is 9.37 Å². The van der Waals surface area contributed by atoms with Gasteiger partial charge in [0.1, 0.15) is 11.9 Å². The third kappa shape index (κ3) is 1.88. The number of aryl methyl sites for hydroxylation is 1. The van der Waals surface area contributed by atoms with Crippen molar-refractivity contribution in [3.8, 4) is 16.5 Å². The average Bonchev–Trinajstić information content (AvgIpc) is 2.60. The molecule has 74 valence electrons. The van der Waals surface area contributed by atoms with E-state index in [1.807, 2.05) is 19.1 Å². The fraction of sp³-hybridized carbons (Fsp3) is 0.0909. The fourth-order valence-electron chi connectivity index (χ4n) is 1.34. The van der Waals surface area contributed by atoms with Gasteiger partial charge in [0.25, 0.3) is 0 Å². The zero-order chi connectivity index (χ0) is 10.8. The molecule has 0 aliphatic rings. The van der Waals surface area contributed by atoms with Crippen molar-refractivity contribution >= 4 is 11.3 Å². The van der Waals surface area contributed by atoms with Gasteiger partial charge in [-0.15, -0.1) is 11.3 Å². The molecule has 0 bridgehead atoms. The topological polar surface area (TPSA) is 36.7 Å². The van der Waals surface area contributed by atoms with E-state index in [1.165, 1.54) is 23.5 Å². The number of hydrogen-bond donors (Lipinski definition) is 0. The van der Waals surface area contributed by atoms with E-state index in [-0.39, 0.29) is 5.82 Å². The zero-order valence-corrected chi connectivity index (χ0v) is 8.81. The highest BCUT2D eigenvalue weighted by molar-refractivity contribution is 7.15. The van der Waals surface area contributed by atoms with Gasteiger partial charge < -0.3 is 0 Å². The molecule has 1 heterocycles. The van der Waals surface area contributed by atoms with Crippen LogP contribution in [0.2, 0.25) is 0 Å². The highest BCUT2D eigenvalue weighted by Gasteiger charge is 2.09. The minimum atomic E-state index is -0.279. The van der Waals surface area contributed by atoms with Crippen LogP contribution in [-0.2, 0) is 0 Å². The predicted molar refractivity (Wildman–Crippen MR) is 57.0 cm³/mol.